The van der Waals surface area contributed by atoms with Crippen LogP contribution in [0.4, 0.5) is 0 Å². The molecule has 0 saturated carbocycles. The summed E-state index contributed by atoms with van der Waals surface area (Å²) in [4.78, 5) is 0. The van der Waals surface area contributed by atoms with Gasteiger partial charge in [-0.3, -0.25) is 0 Å². The molecule has 1 unspecified atom stereocenters. The fourth-order valence-electron chi connectivity index (χ4n) is 1.96. The Morgan fingerprint density at radius 3 is 2.53 bits per heavy atom. The first-order valence-electron chi connectivity index (χ1n) is 6.42. The lowest BCUT2D eigenvalue weighted by molar-refractivity contribution is 0.411. The van der Waals surface area contributed by atoms with E-state index in [2.05, 4.69) is 52.4 Å². The highest BCUT2D eigenvalue weighted by Crippen LogP contribution is 2.24. The Morgan fingerprint density at radius 1 is 1.21 bits per heavy atom. The van der Waals surface area contributed by atoms with E-state index in [1.54, 1.807) is 6.07 Å². The van der Waals surface area contributed by atoms with Crippen LogP contribution in [0, 0.1) is 0 Å². The van der Waals surface area contributed by atoms with E-state index in [4.69, 9.17) is 16.0 Å². The van der Waals surface area contributed by atoms with Crippen LogP contribution in [-0.4, -0.2) is 6.54 Å². The third-order valence-corrected chi connectivity index (χ3v) is 3.66. The Kier molecular flexibility index (Phi) is 5.49. The van der Waals surface area contributed by atoms with Crippen molar-refractivity contribution in [2.45, 2.75) is 25.8 Å². The first-order valence-corrected chi connectivity index (χ1v) is 7.59. The lowest BCUT2D eigenvalue weighted by atomic mass is 10.0. The van der Waals surface area contributed by atoms with Crippen LogP contribution >= 0.6 is 27.5 Å². The number of rotatable bonds is 6. The molecule has 0 fully saturated rings. The Morgan fingerprint density at radius 2 is 1.95 bits per heavy atom. The van der Waals surface area contributed by atoms with Crippen molar-refractivity contribution in [1.29, 1.82) is 0 Å². The largest absolute Gasteiger partial charge is 0.448 e. The second kappa shape index (κ2) is 7.13. The van der Waals surface area contributed by atoms with E-state index in [0.717, 1.165) is 29.6 Å². The number of furan rings is 1. The second-order valence-electron chi connectivity index (χ2n) is 4.48. The summed E-state index contributed by atoms with van der Waals surface area (Å²) in [5.74, 6) is 0.890. The minimum atomic E-state index is 0.161. The molecule has 4 heteroatoms. The van der Waals surface area contributed by atoms with Crippen molar-refractivity contribution in [2.75, 3.05) is 6.54 Å². The summed E-state index contributed by atoms with van der Waals surface area (Å²) in [6, 6.07) is 12.2. The number of benzene rings is 1. The zero-order valence-corrected chi connectivity index (χ0v) is 13.2. The van der Waals surface area contributed by atoms with Gasteiger partial charge in [-0.2, -0.15) is 0 Å². The van der Waals surface area contributed by atoms with Gasteiger partial charge in [0.1, 0.15) is 5.76 Å². The second-order valence-corrected chi connectivity index (χ2v) is 5.77. The first kappa shape index (κ1) is 14.6. The third-order valence-electron chi connectivity index (χ3n) is 2.93. The molecule has 2 aromatic rings. The Hall–Kier alpha value is -0.770. The third kappa shape index (κ3) is 4.37. The van der Waals surface area contributed by atoms with E-state index < -0.39 is 0 Å². The molecule has 0 radical (unpaired) electrons. The molecule has 0 amide bonds. The molecule has 1 heterocycles. The summed E-state index contributed by atoms with van der Waals surface area (Å²) in [5.41, 5.74) is 1.27. The summed E-state index contributed by atoms with van der Waals surface area (Å²) in [6.45, 7) is 3.11. The highest BCUT2D eigenvalue weighted by molar-refractivity contribution is 9.10. The minimum absolute atomic E-state index is 0.161. The minimum Gasteiger partial charge on any atom is -0.448 e. The SMILES string of the molecule is CCCNC(Cc1ccc(Br)cc1)c1ccc(Cl)o1. The van der Waals surface area contributed by atoms with Crippen molar-refractivity contribution >= 4 is 27.5 Å². The molecule has 0 aliphatic carbocycles. The Balaban J connectivity index is 2.11. The lowest BCUT2D eigenvalue weighted by Crippen LogP contribution is -2.23. The monoisotopic (exact) mass is 341 g/mol. The van der Waals surface area contributed by atoms with Gasteiger partial charge in [-0.1, -0.05) is 35.0 Å². The number of hydrogen-bond acceptors (Lipinski definition) is 2. The van der Waals surface area contributed by atoms with Crippen LogP contribution in [-0.2, 0) is 6.42 Å². The van der Waals surface area contributed by atoms with Crippen LogP contribution < -0.4 is 5.32 Å². The van der Waals surface area contributed by atoms with Crippen LogP contribution in [0.15, 0.2) is 45.3 Å². The normalized spacial score (nSPS) is 12.6. The number of halogens is 2. The van der Waals surface area contributed by atoms with Gasteiger partial charge in [0.25, 0.3) is 0 Å². The molecule has 1 aromatic carbocycles. The summed E-state index contributed by atoms with van der Waals surface area (Å²) in [7, 11) is 0. The molecule has 0 saturated heterocycles. The van der Waals surface area contributed by atoms with Crippen LogP contribution in [0.1, 0.15) is 30.7 Å². The molecule has 19 heavy (non-hydrogen) atoms. The maximum Gasteiger partial charge on any atom is 0.193 e. The van der Waals surface area contributed by atoms with Gasteiger partial charge >= 0.3 is 0 Å². The highest BCUT2D eigenvalue weighted by Gasteiger charge is 2.15. The smallest absolute Gasteiger partial charge is 0.193 e. The summed E-state index contributed by atoms with van der Waals surface area (Å²) < 4.78 is 6.63. The van der Waals surface area contributed by atoms with Crippen molar-refractivity contribution in [2.24, 2.45) is 0 Å². The quantitative estimate of drug-likeness (QED) is 0.801. The average molecular weight is 343 g/mol. The lowest BCUT2D eigenvalue weighted by Gasteiger charge is -2.16. The van der Waals surface area contributed by atoms with Gasteiger partial charge in [0.2, 0.25) is 0 Å². The first-order chi connectivity index (χ1) is 9.19. The molecule has 0 aliphatic rings. The molecule has 1 aromatic heterocycles. The van der Waals surface area contributed by atoms with Crippen molar-refractivity contribution in [1.82, 2.24) is 5.32 Å². The summed E-state index contributed by atoms with van der Waals surface area (Å²) in [5, 5.41) is 3.94. The van der Waals surface area contributed by atoms with E-state index in [1.807, 2.05) is 6.07 Å². The molecule has 1 N–H and O–H groups in total. The van der Waals surface area contributed by atoms with Gasteiger partial charge < -0.3 is 9.73 Å². The highest BCUT2D eigenvalue weighted by atomic mass is 79.9. The van der Waals surface area contributed by atoms with Gasteiger partial charge in [-0.15, -0.1) is 0 Å². The van der Waals surface area contributed by atoms with Crippen molar-refractivity contribution in [3.8, 4) is 0 Å². The molecular formula is C15H17BrClNO. The van der Waals surface area contributed by atoms with E-state index in [-0.39, 0.29) is 6.04 Å². The maximum absolute atomic E-state index is 5.86. The predicted octanol–water partition coefficient (Wildman–Crippen LogP) is 4.98. The molecule has 0 aliphatic heterocycles. The van der Waals surface area contributed by atoms with Gasteiger partial charge in [0.15, 0.2) is 5.22 Å². The topological polar surface area (TPSA) is 25.2 Å². The zero-order chi connectivity index (χ0) is 13.7. The maximum atomic E-state index is 5.86. The van der Waals surface area contributed by atoms with Crippen molar-refractivity contribution in [3.63, 3.8) is 0 Å². The molecule has 2 nitrogen and oxygen atoms in total. The Bertz CT molecular complexity index is 509. The van der Waals surface area contributed by atoms with Gasteiger partial charge in [-0.25, -0.2) is 0 Å². The van der Waals surface area contributed by atoms with Crippen LogP contribution in [0.2, 0.25) is 5.22 Å². The summed E-state index contributed by atoms with van der Waals surface area (Å²) >= 11 is 9.31. The Labute approximate surface area is 127 Å². The fraction of sp³-hybridized carbons (Fsp3) is 0.333. The van der Waals surface area contributed by atoms with E-state index in [9.17, 15) is 0 Å². The molecular weight excluding hydrogens is 326 g/mol. The van der Waals surface area contributed by atoms with E-state index >= 15 is 0 Å². The van der Waals surface area contributed by atoms with Crippen molar-refractivity contribution in [3.05, 3.63) is 57.4 Å². The van der Waals surface area contributed by atoms with Gasteiger partial charge in [0, 0.05) is 4.47 Å². The average Bonchev–Trinajstić information content (AvgIpc) is 2.83. The number of nitrogens with one attached hydrogen (secondary N) is 1. The standard InChI is InChI=1S/C15H17BrClNO/c1-2-9-18-13(14-7-8-15(17)19-14)10-11-3-5-12(16)6-4-11/h3-8,13,18H,2,9-10H2,1H3. The van der Waals surface area contributed by atoms with Crippen LogP contribution in [0.3, 0.4) is 0 Å². The van der Waals surface area contributed by atoms with Gasteiger partial charge in [-0.05, 0) is 60.8 Å². The number of hydrogen-bond donors (Lipinski definition) is 1. The van der Waals surface area contributed by atoms with Crippen LogP contribution in [0.5, 0.6) is 0 Å². The zero-order valence-electron chi connectivity index (χ0n) is 10.8. The van der Waals surface area contributed by atoms with Crippen LogP contribution in [0.25, 0.3) is 0 Å². The molecule has 2 rings (SSSR count). The molecule has 102 valence electrons. The fourth-order valence-corrected chi connectivity index (χ4v) is 2.38. The summed E-state index contributed by atoms with van der Waals surface area (Å²) in [6.07, 6.45) is 1.97. The predicted molar refractivity (Wildman–Crippen MR) is 82.6 cm³/mol. The van der Waals surface area contributed by atoms with Crippen molar-refractivity contribution < 1.29 is 4.42 Å². The molecule has 0 bridgehead atoms. The van der Waals surface area contributed by atoms with E-state index in [1.165, 1.54) is 5.56 Å². The molecule has 1 atom stereocenters. The molecule has 0 spiro atoms. The van der Waals surface area contributed by atoms with E-state index in [0.29, 0.717) is 5.22 Å². The van der Waals surface area contributed by atoms with Gasteiger partial charge in [0.05, 0.1) is 6.04 Å².